The number of para-hydroxylation sites is 3. The first kappa shape index (κ1) is 43.0. The van der Waals surface area contributed by atoms with Gasteiger partial charge in [0.25, 0.3) is 0 Å². The van der Waals surface area contributed by atoms with Crippen LogP contribution in [0.1, 0.15) is 30.5 Å². The lowest BCUT2D eigenvalue weighted by atomic mass is 10.0. The van der Waals surface area contributed by atoms with Crippen LogP contribution < -0.4 is 0 Å². The molecule has 0 atom stereocenters. The number of aliphatic imine (C=N–C) groups is 2. The lowest BCUT2D eigenvalue weighted by Crippen LogP contribution is -2.05. The van der Waals surface area contributed by atoms with E-state index in [1.165, 1.54) is 21.5 Å². The predicted molar refractivity (Wildman–Crippen MR) is 312 cm³/mol. The summed E-state index contributed by atoms with van der Waals surface area (Å²) in [6, 6.07) is 84.0. The van der Waals surface area contributed by atoms with Crippen LogP contribution in [0.4, 0.5) is 0 Å². The minimum atomic E-state index is 0.559. The Bertz CT molecular complexity index is 4690. The van der Waals surface area contributed by atoms with Gasteiger partial charge in [0.15, 0.2) is 5.84 Å². The van der Waals surface area contributed by atoms with Gasteiger partial charge in [-0.05, 0) is 108 Å². The Kier molecular flexibility index (Phi) is 10.2. The third kappa shape index (κ3) is 6.94. The normalized spacial score (nSPS) is 12.3. The Morgan fingerprint density at radius 2 is 1.07 bits per heavy atom. The lowest BCUT2D eigenvalue weighted by molar-refractivity contribution is 0.671. The maximum Gasteiger partial charge on any atom is 0.160 e. The van der Waals surface area contributed by atoms with Crippen LogP contribution in [0.25, 0.3) is 115 Å². The summed E-state index contributed by atoms with van der Waals surface area (Å²) in [4.78, 5) is 11.2. The average Bonchev–Trinajstić information content (AvgIpc) is 4.13. The van der Waals surface area contributed by atoms with Crippen molar-refractivity contribution < 1.29 is 4.42 Å². The van der Waals surface area contributed by atoms with Crippen molar-refractivity contribution in [2.24, 2.45) is 9.98 Å². The fourth-order valence-electron chi connectivity index (χ4n) is 11.3. The standard InChI is InChI=1S/C69H46N4O/c1-3-19-59(55-40-41-63(66-57-39-38-47-22-12-13-27-53(47)67(57)74-68(55)66)73-60-31-16-14-28-54(60)58-42-49-23-10-11-24-50(49)43-64(58)73)71-69(48-36-34-46(35-37-48)45-20-6-4-7-21-45)70-44(2)52-30-18-33-62-65(52)56-29-15-17-32-61(56)72(62)51-25-8-5-9-26-51/h3-18,20-43H,1-2H3/b70-44+,71-69-. The fraction of sp³-hybridized carbons (Fsp3) is 0.0290. The van der Waals surface area contributed by atoms with Crippen molar-refractivity contribution in [3.8, 4) is 22.5 Å². The fourth-order valence-corrected chi connectivity index (χ4v) is 11.3. The zero-order valence-electron chi connectivity index (χ0n) is 40.8. The molecule has 14 aromatic rings. The Morgan fingerprint density at radius 3 is 1.84 bits per heavy atom. The molecule has 0 fully saturated rings. The zero-order chi connectivity index (χ0) is 49.3. The highest BCUT2D eigenvalue weighted by Crippen LogP contribution is 2.44. The molecule has 0 spiro atoms. The van der Waals surface area contributed by atoms with Crippen molar-refractivity contribution in [1.29, 1.82) is 0 Å². The Balaban J connectivity index is 1.02. The number of rotatable bonds is 7. The van der Waals surface area contributed by atoms with E-state index in [1.54, 1.807) is 0 Å². The Morgan fingerprint density at radius 1 is 0.432 bits per heavy atom. The highest BCUT2D eigenvalue weighted by Gasteiger charge is 2.24. The van der Waals surface area contributed by atoms with Crippen molar-refractivity contribution in [3.63, 3.8) is 0 Å². The number of hydrogen-bond acceptors (Lipinski definition) is 2. The summed E-state index contributed by atoms with van der Waals surface area (Å²) in [5.74, 6) is 0.559. The minimum Gasteiger partial charge on any atom is -0.455 e. The van der Waals surface area contributed by atoms with Crippen molar-refractivity contribution in [2.45, 2.75) is 13.8 Å². The number of furan rings is 1. The number of allylic oxidation sites excluding steroid dienone is 1. The highest BCUT2D eigenvalue weighted by molar-refractivity contribution is 6.24. The predicted octanol–water partition coefficient (Wildman–Crippen LogP) is 18.2. The van der Waals surface area contributed by atoms with Gasteiger partial charge in [-0.3, -0.25) is 0 Å². The van der Waals surface area contributed by atoms with Gasteiger partial charge in [-0.1, -0.05) is 182 Å². The molecule has 0 aliphatic carbocycles. The molecule has 0 aliphatic heterocycles. The molecule has 0 N–H and O–H groups in total. The van der Waals surface area contributed by atoms with Crippen molar-refractivity contribution in [2.75, 3.05) is 0 Å². The zero-order valence-corrected chi connectivity index (χ0v) is 40.8. The van der Waals surface area contributed by atoms with Crippen LogP contribution in [0.3, 0.4) is 0 Å². The van der Waals surface area contributed by atoms with Crippen molar-refractivity contribution >= 4 is 104 Å². The van der Waals surface area contributed by atoms with Crippen molar-refractivity contribution in [3.05, 3.63) is 265 Å². The number of amidine groups is 1. The van der Waals surface area contributed by atoms with Crippen LogP contribution in [0.15, 0.2) is 263 Å². The summed E-state index contributed by atoms with van der Waals surface area (Å²) >= 11 is 0. The maximum absolute atomic E-state index is 7.29. The molecular weight excluding hydrogens is 901 g/mol. The molecule has 0 saturated heterocycles. The molecule has 0 saturated carbocycles. The van der Waals surface area contributed by atoms with Crippen LogP contribution in [0, 0.1) is 0 Å². The van der Waals surface area contributed by atoms with E-state index in [2.05, 4.69) is 252 Å². The van der Waals surface area contributed by atoms with E-state index >= 15 is 0 Å². The lowest BCUT2D eigenvalue weighted by Gasteiger charge is -2.13. The van der Waals surface area contributed by atoms with Crippen LogP contribution >= 0.6 is 0 Å². The topological polar surface area (TPSA) is 47.7 Å². The molecule has 348 valence electrons. The Labute approximate surface area is 427 Å². The number of benzene rings is 11. The second-order valence-electron chi connectivity index (χ2n) is 18.9. The van der Waals surface area contributed by atoms with Gasteiger partial charge in [0.1, 0.15) is 16.9 Å². The summed E-state index contributed by atoms with van der Waals surface area (Å²) in [5, 5.41) is 11.3. The maximum atomic E-state index is 7.29. The van der Waals surface area contributed by atoms with E-state index in [-0.39, 0.29) is 0 Å². The summed E-state index contributed by atoms with van der Waals surface area (Å²) < 4.78 is 12.1. The molecule has 0 bridgehead atoms. The monoisotopic (exact) mass is 946 g/mol. The van der Waals surface area contributed by atoms with Gasteiger partial charge in [-0.15, -0.1) is 0 Å². The first-order valence-corrected chi connectivity index (χ1v) is 25.2. The Hall–Kier alpha value is -9.80. The molecule has 3 heterocycles. The highest BCUT2D eigenvalue weighted by atomic mass is 16.3. The van der Waals surface area contributed by atoms with Crippen molar-refractivity contribution in [1.82, 2.24) is 9.13 Å². The first-order chi connectivity index (χ1) is 36.6. The number of nitrogens with zero attached hydrogens (tertiary/aromatic N) is 4. The SMILES string of the molecule is CC=C=C(/N=C(\N=C(/C)c1cccc2c1c1ccccc1n2-c1ccccc1)c1ccc(-c2ccccc2)cc1)c1ccc(-n2c3ccccc3c3cc4ccccc4cc32)c2c1oc1c3ccccc3ccc12. The second kappa shape index (κ2) is 17.5. The molecule has 0 unspecified atom stereocenters. The van der Waals surface area contributed by atoms with Crippen LogP contribution in [-0.2, 0) is 0 Å². The molecule has 74 heavy (non-hydrogen) atoms. The smallest absolute Gasteiger partial charge is 0.160 e. The van der Waals surface area contributed by atoms with E-state index in [0.29, 0.717) is 11.5 Å². The van der Waals surface area contributed by atoms with Crippen LogP contribution in [0.5, 0.6) is 0 Å². The van der Waals surface area contributed by atoms with E-state index in [1.807, 2.05) is 19.1 Å². The third-order valence-electron chi connectivity index (χ3n) is 14.6. The molecule has 0 aliphatic rings. The van der Waals surface area contributed by atoms with Crippen LogP contribution in [0.2, 0.25) is 0 Å². The number of fused-ring (bicyclic) bond motifs is 12. The van der Waals surface area contributed by atoms with Gasteiger partial charge in [0.2, 0.25) is 0 Å². The molecule has 5 heteroatoms. The summed E-state index contributed by atoms with van der Waals surface area (Å²) in [5.41, 5.74) is 18.2. The van der Waals surface area contributed by atoms with Gasteiger partial charge in [-0.25, -0.2) is 9.98 Å². The quantitative estimate of drug-likeness (QED) is 0.0892. The summed E-state index contributed by atoms with van der Waals surface area (Å²) in [6.45, 7) is 4.09. The second-order valence-corrected chi connectivity index (χ2v) is 18.9. The van der Waals surface area contributed by atoms with E-state index in [4.69, 9.17) is 14.4 Å². The molecule has 14 rings (SSSR count). The largest absolute Gasteiger partial charge is 0.455 e. The molecule has 3 aromatic heterocycles. The first-order valence-electron chi connectivity index (χ1n) is 25.2. The number of hydrogen-bond donors (Lipinski definition) is 0. The molecule has 0 amide bonds. The van der Waals surface area contributed by atoms with E-state index < -0.39 is 0 Å². The van der Waals surface area contributed by atoms with Gasteiger partial charge in [0, 0.05) is 54.8 Å². The minimum absolute atomic E-state index is 0.559. The third-order valence-corrected chi connectivity index (χ3v) is 14.6. The average molecular weight is 947 g/mol. The summed E-state index contributed by atoms with van der Waals surface area (Å²) in [7, 11) is 0. The molecule has 0 radical (unpaired) electrons. The molecule has 5 nitrogen and oxygen atoms in total. The van der Waals surface area contributed by atoms with Gasteiger partial charge < -0.3 is 13.6 Å². The molecular formula is C69H46N4O. The van der Waals surface area contributed by atoms with Gasteiger partial charge in [0.05, 0.1) is 38.7 Å². The van der Waals surface area contributed by atoms with E-state index in [9.17, 15) is 0 Å². The van der Waals surface area contributed by atoms with Gasteiger partial charge >= 0.3 is 0 Å². The molecule has 11 aromatic carbocycles. The summed E-state index contributed by atoms with van der Waals surface area (Å²) in [6.07, 6.45) is 1.93. The van der Waals surface area contributed by atoms with Crippen LogP contribution in [-0.4, -0.2) is 20.7 Å². The van der Waals surface area contributed by atoms with E-state index in [0.717, 1.165) is 110 Å². The van der Waals surface area contributed by atoms with Gasteiger partial charge in [-0.2, -0.15) is 0 Å². The number of aromatic nitrogens is 2.